The summed E-state index contributed by atoms with van der Waals surface area (Å²) < 4.78 is 51.2. The van der Waals surface area contributed by atoms with Crippen molar-refractivity contribution >= 4 is 42.6 Å². The van der Waals surface area contributed by atoms with E-state index in [4.69, 9.17) is 62.6 Å². The minimum absolute atomic E-state index is 0.0815. The molecule has 0 bridgehead atoms. The topological polar surface area (TPSA) is 72.5 Å². The third-order valence-electron chi connectivity index (χ3n) is 6.30. The molecule has 0 amide bonds. The van der Waals surface area contributed by atoms with Crippen LogP contribution in [0.15, 0.2) is 146 Å². The first kappa shape index (κ1) is 32.2. The van der Waals surface area contributed by atoms with Crippen LogP contribution in [0.1, 0.15) is 0 Å². The number of ether oxygens (including phenoxy) is 3. The molecular formula is C36H24Cl3O7P. The van der Waals surface area contributed by atoms with Gasteiger partial charge in [-0.05, 0) is 109 Å². The third kappa shape index (κ3) is 8.73. The van der Waals surface area contributed by atoms with Crippen LogP contribution < -0.4 is 27.8 Å². The van der Waals surface area contributed by atoms with Gasteiger partial charge in [-0.15, -0.1) is 0 Å². The second kappa shape index (κ2) is 14.8. The van der Waals surface area contributed by atoms with E-state index in [2.05, 4.69) is 0 Å². The van der Waals surface area contributed by atoms with Crippen molar-refractivity contribution < 1.29 is 32.3 Å². The van der Waals surface area contributed by atoms with Crippen LogP contribution in [0.4, 0.5) is 0 Å². The minimum Gasteiger partial charge on any atom is -0.453 e. The Bertz CT molecular complexity index is 1770. The monoisotopic (exact) mass is 704 g/mol. The van der Waals surface area contributed by atoms with Gasteiger partial charge in [0, 0.05) is 15.1 Å². The van der Waals surface area contributed by atoms with Crippen molar-refractivity contribution in [2.24, 2.45) is 0 Å². The smallest absolute Gasteiger partial charge is 0.453 e. The fourth-order valence-electron chi connectivity index (χ4n) is 4.14. The van der Waals surface area contributed by atoms with Crippen molar-refractivity contribution in [3.8, 4) is 51.7 Å². The molecule has 47 heavy (non-hydrogen) atoms. The lowest BCUT2D eigenvalue weighted by atomic mass is 10.3. The van der Waals surface area contributed by atoms with E-state index in [0.29, 0.717) is 32.3 Å². The van der Waals surface area contributed by atoms with E-state index in [-0.39, 0.29) is 34.5 Å². The molecule has 7 nitrogen and oxygen atoms in total. The molecule has 6 aromatic carbocycles. The quantitative estimate of drug-likeness (QED) is 0.117. The van der Waals surface area contributed by atoms with E-state index < -0.39 is 7.82 Å². The molecule has 236 valence electrons. The zero-order valence-corrected chi connectivity index (χ0v) is 27.5. The molecule has 0 aromatic heterocycles. The lowest BCUT2D eigenvalue weighted by Gasteiger charge is -2.22. The molecule has 0 heterocycles. The minimum atomic E-state index is -4.61. The molecular weight excluding hydrogens is 682 g/mol. The number of phosphoric acid groups is 1. The number of phosphoric ester groups is 1. The molecule has 0 N–H and O–H groups in total. The Morgan fingerprint density at radius 2 is 0.574 bits per heavy atom. The molecule has 0 aliphatic carbocycles. The molecule has 0 saturated carbocycles. The molecule has 0 saturated heterocycles. The van der Waals surface area contributed by atoms with Gasteiger partial charge in [0.15, 0.2) is 34.5 Å². The Hall–Kier alpha value is -4.78. The third-order valence-corrected chi connectivity index (χ3v) is 8.32. The Morgan fingerprint density at radius 1 is 0.340 bits per heavy atom. The van der Waals surface area contributed by atoms with Gasteiger partial charge in [0.05, 0.1) is 0 Å². The van der Waals surface area contributed by atoms with E-state index >= 15 is 0 Å². The SMILES string of the molecule is O=P(Oc1ccccc1Oc1ccc(Cl)cc1)(Oc1ccccc1Oc1ccc(Cl)cc1)Oc1ccccc1Oc1ccc(Cl)cc1. The number of halogens is 3. The molecule has 0 fully saturated rings. The molecule has 0 aliphatic rings. The average molecular weight is 706 g/mol. The van der Waals surface area contributed by atoms with Crippen LogP contribution in [0.5, 0.6) is 51.7 Å². The van der Waals surface area contributed by atoms with Gasteiger partial charge in [0.1, 0.15) is 17.2 Å². The lowest BCUT2D eigenvalue weighted by Crippen LogP contribution is -2.09. The number of benzene rings is 6. The summed E-state index contributed by atoms with van der Waals surface area (Å²) in [6, 6.07) is 40.3. The van der Waals surface area contributed by atoms with Crippen molar-refractivity contribution in [1.82, 2.24) is 0 Å². The highest BCUT2D eigenvalue weighted by atomic mass is 35.5. The van der Waals surface area contributed by atoms with Crippen LogP contribution in [0.2, 0.25) is 15.1 Å². The summed E-state index contributed by atoms with van der Waals surface area (Å²) in [6.07, 6.45) is 0. The Kier molecular flexibility index (Phi) is 10.1. The van der Waals surface area contributed by atoms with Crippen molar-refractivity contribution in [1.29, 1.82) is 0 Å². The fraction of sp³-hybridized carbons (Fsp3) is 0. The average Bonchev–Trinajstić information content (AvgIpc) is 3.07. The zero-order chi connectivity index (χ0) is 32.6. The van der Waals surface area contributed by atoms with Crippen LogP contribution in [0.25, 0.3) is 0 Å². The summed E-state index contributed by atoms with van der Waals surface area (Å²) in [7, 11) is -4.61. The first-order valence-corrected chi connectivity index (χ1v) is 16.7. The van der Waals surface area contributed by atoms with E-state index in [0.717, 1.165) is 0 Å². The van der Waals surface area contributed by atoms with Gasteiger partial charge in [0.2, 0.25) is 0 Å². The molecule has 6 rings (SSSR count). The fourth-order valence-corrected chi connectivity index (χ4v) is 5.80. The van der Waals surface area contributed by atoms with Gasteiger partial charge in [-0.1, -0.05) is 71.2 Å². The van der Waals surface area contributed by atoms with Crippen LogP contribution in [-0.2, 0) is 4.57 Å². The van der Waals surface area contributed by atoms with Gasteiger partial charge >= 0.3 is 7.82 Å². The summed E-state index contributed by atoms with van der Waals surface area (Å²) >= 11 is 18.1. The largest absolute Gasteiger partial charge is 0.647 e. The van der Waals surface area contributed by atoms with Crippen molar-refractivity contribution in [3.05, 3.63) is 161 Å². The van der Waals surface area contributed by atoms with Gasteiger partial charge in [-0.25, -0.2) is 0 Å². The van der Waals surface area contributed by atoms with Gasteiger partial charge in [-0.2, -0.15) is 4.57 Å². The summed E-state index contributed by atoms with van der Waals surface area (Å²) in [5.74, 6) is 2.42. The maximum Gasteiger partial charge on any atom is 0.647 e. The normalized spacial score (nSPS) is 11.0. The zero-order valence-electron chi connectivity index (χ0n) is 24.3. The molecule has 11 heteroatoms. The maximum atomic E-state index is 14.8. The van der Waals surface area contributed by atoms with Gasteiger partial charge in [-0.3, -0.25) is 0 Å². The van der Waals surface area contributed by atoms with Crippen molar-refractivity contribution in [2.75, 3.05) is 0 Å². The molecule has 6 aromatic rings. The van der Waals surface area contributed by atoms with Gasteiger partial charge < -0.3 is 27.8 Å². The molecule has 0 spiro atoms. The standard InChI is InChI=1S/C36H24Cl3O7P/c37-25-13-19-28(20-14-25)41-31-7-1-4-10-34(31)44-47(40,45-35-11-5-2-8-32(35)42-29-21-15-26(38)16-22-29)46-36-12-6-3-9-33(36)43-30-23-17-27(39)18-24-30/h1-24H. The lowest BCUT2D eigenvalue weighted by molar-refractivity contribution is 0.284. The summed E-state index contributed by atoms with van der Waals surface area (Å²) in [5.41, 5.74) is 0. The highest BCUT2D eigenvalue weighted by Gasteiger charge is 2.36. The van der Waals surface area contributed by atoms with Crippen molar-refractivity contribution in [2.45, 2.75) is 0 Å². The summed E-state index contributed by atoms with van der Waals surface area (Å²) in [5, 5.41) is 1.64. The Balaban J connectivity index is 1.36. The summed E-state index contributed by atoms with van der Waals surface area (Å²) in [4.78, 5) is 0. The number of rotatable bonds is 12. The predicted molar refractivity (Wildman–Crippen MR) is 183 cm³/mol. The Morgan fingerprint density at radius 3 is 0.830 bits per heavy atom. The maximum absolute atomic E-state index is 14.8. The first-order chi connectivity index (χ1) is 22.8. The van der Waals surface area contributed by atoms with E-state index in [1.807, 2.05) is 0 Å². The van der Waals surface area contributed by atoms with Crippen LogP contribution in [-0.4, -0.2) is 0 Å². The first-order valence-electron chi connectivity index (χ1n) is 14.1. The molecule has 0 aliphatic heterocycles. The second-order valence-corrected chi connectivity index (χ2v) is 12.5. The second-order valence-electron chi connectivity index (χ2n) is 9.73. The molecule has 0 unspecified atom stereocenters. The number of hydrogen-bond acceptors (Lipinski definition) is 7. The van der Waals surface area contributed by atoms with Crippen LogP contribution in [0, 0.1) is 0 Å². The Labute approximate surface area is 286 Å². The molecule has 0 atom stereocenters. The highest BCUT2D eigenvalue weighted by molar-refractivity contribution is 7.49. The van der Waals surface area contributed by atoms with Crippen molar-refractivity contribution in [3.63, 3.8) is 0 Å². The predicted octanol–water partition coefficient (Wildman–Crippen LogP) is 12.7. The van der Waals surface area contributed by atoms with Crippen LogP contribution >= 0.6 is 42.6 Å². The number of hydrogen-bond donors (Lipinski definition) is 0. The summed E-state index contributed by atoms with van der Waals surface area (Å²) in [6.45, 7) is 0. The van der Waals surface area contributed by atoms with Gasteiger partial charge in [0.25, 0.3) is 0 Å². The van der Waals surface area contributed by atoms with Crippen LogP contribution in [0.3, 0.4) is 0 Å². The highest BCUT2D eigenvalue weighted by Crippen LogP contribution is 2.55. The van der Waals surface area contributed by atoms with E-state index in [1.165, 1.54) is 0 Å². The van der Waals surface area contributed by atoms with E-state index in [9.17, 15) is 4.57 Å². The number of para-hydroxylation sites is 6. The molecule has 0 radical (unpaired) electrons. The van der Waals surface area contributed by atoms with E-state index in [1.54, 1.807) is 146 Å².